The Kier molecular flexibility index (Phi) is 5.65. The van der Waals surface area contributed by atoms with Crippen molar-refractivity contribution in [2.24, 2.45) is 0 Å². The molecular formula is C23H26FN3O3. The van der Waals surface area contributed by atoms with Crippen molar-refractivity contribution in [3.05, 3.63) is 65.5 Å². The number of halogens is 1. The molecule has 1 heterocycles. The van der Waals surface area contributed by atoms with Gasteiger partial charge in [0.05, 0.1) is 0 Å². The molecule has 2 aromatic rings. The molecule has 0 saturated carbocycles. The fourth-order valence-electron chi connectivity index (χ4n) is 3.37. The number of amides is 4. The fraction of sp³-hybridized carbons (Fsp3) is 0.348. The van der Waals surface area contributed by atoms with Crippen LogP contribution < -0.4 is 10.6 Å². The molecule has 0 bridgehead atoms. The summed E-state index contributed by atoms with van der Waals surface area (Å²) < 4.78 is 13.0. The van der Waals surface area contributed by atoms with Crippen LogP contribution in [-0.4, -0.2) is 29.3 Å². The summed E-state index contributed by atoms with van der Waals surface area (Å²) in [7, 11) is 0. The highest BCUT2D eigenvalue weighted by Crippen LogP contribution is 2.31. The van der Waals surface area contributed by atoms with E-state index in [0.29, 0.717) is 11.3 Å². The van der Waals surface area contributed by atoms with Gasteiger partial charge in [-0.1, -0.05) is 45.0 Å². The van der Waals surface area contributed by atoms with Crippen molar-refractivity contribution >= 4 is 23.5 Å². The average molecular weight is 411 g/mol. The third-order valence-electron chi connectivity index (χ3n) is 5.29. The van der Waals surface area contributed by atoms with Crippen LogP contribution in [0.4, 0.5) is 14.9 Å². The molecule has 0 aliphatic carbocycles. The van der Waals surface area contributed by atoms with Crippen molar-refractivity contribution in [3.8, 4) is 0 Å². The van der Waals surface area contributed by atoms with Gasteiger partial charge in [0.25, 0.3) is 5.91 Å². The Morgan fingerprint density at radius 3 is 2.23 bits per heavy atom. The van der Waals surface area contributed by atoms with E-state index in [9.17, 15) is 18.8 Å². The fourth-order valence-corrected chi connectivity index (χ4v) is 3.37. The minimum atomic E-state index is -1.18. The highest BCUT2D eigenvalue weighted by molar-refractivity contribution is 6.07. The third-order valence-corrected chi connectivity index (χ3v) is 5.29. The number of rotatable bonds is 5. The monoisotopic (exact) mass is 411 g/mol. The van der Waals surface area contributed by atoms with Gasteiger partial charge in [0, 0.05) is 18.7 Å². The lowest BCUT2D eigenvalue weighted by atomic mass is 9.84. The normalized spacial score (nSPS) is 19.0. The first-order valence-corrected chi connectivity index (χ1v) is 9.81. The van der Waals surface area contributed by atoms with Gasteiger partial charge in [-0.3, -0.25) is 14.5 Å². The first-order chi connectivity index (χ1) is 14.0. The topological polar surface area (TPSA) is 78.5 Å². The number of urea groups is 1. The smallest absolute Gasteiger partial charge is 0.325 e. The highest BCUT2D eigenvalue weighted by atomic mass is 19.1. The highest BCUT2D eigenvalue weighted by Gasteiger charge is 2.48. The van der Waals surface area contributed by atoms with Crippen LogP contribution in [0, 0.1) is 5.82 Å². The van der Waals surface area contributed by atoms with Gasteiger partial charge < -0.3 is 10.6 Å². The predicted molar refractivity (Wildman–Crippen MR) is 112 cm³/mol. The third kappa shape index (κ3) is 4.35. The van der Waals surface area contributed by atoms with Crippen LogP contribution >= 0.6 is 0 Å². The molecule has 3 rings (SSSR count). The molecule has 0 aromatic heterocycles. The minimum absolute atomic E-state index is 0.0215. The molecule has 6 nitrogen and oxygen atoms in total. The predicted octanol–water partition coefficient (Wildman–Crippen LogP) is 3.92. The van der Waals surface area contributed by atoms with E-state index in [2.05, 4.69) is 31.4 Å². The molecule has 158 valence electrons. The Balaban J connectivity index is 1.66. The van der Waals surface area contributed by atoms with Crippen LogP contribution in [0.15, 0.2) is 48.5 Å². The van der Waals surface area contributed by atoms with Crippen molar-refractivity contribution in [2.75, 3.05) is 11.9 Å². The molecular weight excluding hydrogens is 385 g/mol. The van der Waals surface area contributed by atoms with Crippen LogP contribution in [0.25, 0.3) is 0 Å². The zero-order valence-electron chi connectivity index (χ0n) is 17.6. The van der Waals surface area contributed by atoms with Gasteiger partial charge in [-0.05, 0) is 47.7 Å². The van der Waals surface area contributed by atoms with Gasteiger partial charge in [0.15, 0.2) is 0 Å². The van der Waals surface area contributed by atoms with Gasteiger partial charge in [-0.15, -0.1) is 0 Å². The maximum atomic E-state index is 13.0. The molecule has 2 aromatic carbocycles. The molecule has 0 radical (unpaired) electrons. The molecule has 1 aliphatic heterocycles. The van der Waals surface area contributed by atoms with Gasteiger partial charge in [-0.2, -0.15) is 0 Å². The van der Waals surface area contributed by atoms with Gasteiger partial charge in [0.1, 0.15) is 11.4 Å². The number of anilines is 1. The van der Waals surface area contributed by atoms with E-state index in [4.69, 9.17) is 0 Å². The van der Waals surface area contributed by atoms with Crippen LogP contribution in [-0.2, 0) is 20.5 Å². The number of carbonyl (C=O) groups is 3. The molecule has 0 spiro atoms. The lowest BCUT2D eigenvalue weighted by Gasteiger charge is -2.24. The first kappa shape index (κ1) is 21.5. The second kappa shape index (κ2) is 7.89. The van der Waals surface area contributed by atoms with Crippen LogP contribution in [0.3, 0.4) is 0 Å². The maximum absolute atomic E-state index is 13.0. The van der Waals surface area contributed by atoms with Crippen molar-refractivity contribution < 1.29 is 18.8 Å². The first-order valence-electron chi connectivity index (χ1n) is 9.81. The van der Waals surface area contributed by atoms with Crippen molar-refractivity contribution in [1.82, 2.24) is 10.2 Å². The lowest BCUT2D eigenvalue weighted by Crippen LogP contribution is -2.41. The Hall–Kier alpha value is -3.22. The van der Waals surface area contributed by atoms with Gasteiger partial charge >= 0.3 is 6.03 Å². The number of imide groups is 1. The second-order valence-corrected chi connectivity index (χ2v) is 8.64. The quantitative estimate of drug-likeness (QED) is 0.732. The maximum Gasteiger partial charge on any atom is 0.325 e. The summed E-state index contributed by atoms with van der Waals surface area (Å²) in [6.45, 7) is 7.92. The van der Waals surface area contributed by atoms with E-state index in [0.717, 1.165) is 10.5 Å². The van der Waals surface area contributed by atoms with E-state index < -0.39 is 23.3 Å². The Bertz CT molecular complexity index is 965. The van der Waals surface area contributed by atoms with Crippen LogP contribution in [0.1, 0.15) is 45.2 Å². The molecule has 1 atom stereocenters. The Morgan fingerprint density at radius 2 is 1.67 bits per heavy atom. The molecule has 0 unspecified atom stereocenters. The summed E-state index contributed by atoms with van der Waals surface area (Å²) in [5.74, 6) is -1.17. The SMILES string of the molecule is CC(C)(C)c1ccc([C@]2(C)NC(=O)N(CCC(=O)Nc3ccc(F)cc3)C2=O)cc1. The van der Waals surface area contributed by atoms with Crippen LogP contribution in [0.2, 0.25) is 0 Å². The zero-order chi connectivity index (χ0) is 22.1. The van der Waals surface area contributed by atoms with E-state index in [1.54, 1.807) is 6.92 Å². The largest absolute Gasteiger partial charge is 0.326 e. The lowest BCUT2D eigenvalue weighted by molar-refractivity contribution is -0.131. The summed E-state index contributed by atoms with van der Waals surface area (Å²) in [6.07, 6.45) is -0.0599. The molecule has 4 amide bonds. The molecule has 1 fully saturated rings. The van der Waals surface area contributed by atoms with Crippen molar-refractivity contribution in [2.45, 2.75) is 45.1 Å². The summed E-state index contributed by atoms with van der Waals surface area (Å²) in [5.41, 5.74) is 1.06. The molecule has 30 heavy (non-hydrogen) atoms. The van der Waals surface area contributed by atoms with Crippen molar-refractivity contribution in [1.29, 1.82) is 0 Å². The minimum Gasteiger partial charge on any atom is -0.326 e. The number of hydrogen-bond donors (Lipinski definition) is 2. The van der Waals surface area contributed by atoms with Gasteiger partial charge in [0.2, 0.25) is 5.91 Å². The standard InChI is InChI=1S/C23H26FN3O3/c1-22(2,3)15-5-7-16(8-6-15)23(4)20(29)27(21(30)26-23)14-13-19(28)25-18-11-9-17(24)10-12-18/h5-12H,13-14H2,1-4H3,(H,25,28)(H,26,30)/t23-/m0/s1. The summed E-state index contributed by atoms with van der Waals surface area (Å²) in [5, 5.41) is 5.37. The van der Waals surface area contributed by atoms with E-state index in [1.165, 1.54) is 24.3 Å². The molecule has 2 N–H and O–H groups in total. The number of nitrogens with zero attached hydrogens (tertiary/aromatic N) is 1. The summed E-state index contributed by atoms with van der Waals surface area (Å²) in [4.78, 5) is 38.6. The molecule has 7 heteroatoms. The van der Waals surface area contributed by atoms with Crippen molar-refractivity contribution in [3.63, 3.8) is 0 Å². The number of hydrogen-bond acceptors (Lipinski definition) is 3. The zero-order valence-corrected chi connectivity index (χ0v) is 17.6. The second-order valence-electron chi connectivity index (χ2n) is 8.64. The number of benzene rings is 2. The van der Waals surface area contributed by atoms with E-state index in [1.807, 2.05) is 24.3 Å². The average Bonchev–Trinajstić information content (AvgIpc) is 2.91. The summed E-state index contributed by atoms with van der Waals surface area (Å²) in [6, 6.07) is 12.5. The summed E-state index contributed by atoms with van der Waals surface area (Å²) >= 11 is 0. The number of nitrogens with one attached hydrogen (secondary N) is 2. The molecule has 1 aliphatic rings. The molecule has 1 saturated heterocycles. The Labute approximate surface area is 175 Å². The Morgan fingerprint density at radius 1 is 1.07 bits per heavy atom. The van der Waals surface area contributed by atoms with E-state index >= 15 is 0 Å². The number of carbonyl (C=O) groups excluding carboxylic acids is 3. The van der Waals surface area contributed by atoms with E-state index in [-0.39, 0.29) is 24.3 Å². The van der Waals surface area contributed by atoms with Gasteiger partial charge in [-0.25, -0.2) is 9.18 Å². The van der Waals surface area contributed by atoms with Crippen LogP contribution in [0.5, 0.6) is 0 Å².